The summed E-state index contributed by atoms with van der Waals surface area (Å²) in [7, 11) is 0. The number of hydrogen-bond donors (Lipinski definition) is 4. The maximum atomic E-state index is 12.2. The number of hydrogen-bond acceptors (Lipinski definition) is 8. The van der Waals surface area contributed by atoms with Crippen LogP contribution in [0.1, 0.15) is 11.3 Å². The van der Waals surface area contributed by atoms with Gasteiger partial charge in [-0.2, -0.15) is 18.2 Å². The Kier molecular flexibility index (Phi) is 7.29. The van der Waals surface area contributed by atoms with E-state index in [9.17, 15) is 18.0 Å². The number of ether oxygens (including phenoxy) is 1. The highest BCUT2D eigenvalue weighted by atomic mass is 35.5. The number of nitrogens with one attached hydrogen (secondary N) is 3. The average molecular weight is 433 g/mol. The van der Waals surface area contributed by atoms with Crippen LogP contribution in [0.5, 0.6) is 0 Å². The normalized spacial score (nSPS) is 11.2. The molecule has 0 radical (unpaired) electrons. The van der Waals surface area contributed by atoms with E-state index >= 15 is 0 Å². The predicted octanol–water partition coefficient (Wildman–Crippen LogP) is 3.02. The first-order valence-corrected chi connectivity index (χ1v) is 8.42. The number of alkyl halides is 3. The molecule has 0 fully saturated rings. The number of carboxylic acids is 1. The van der Waals surface area contributed by atoms with E-state index < -0.39 is 24.5 Å². The number of carboxylic acid groups (broad SMARTS) is 1. The summed E-state index contributed by atoms with van der Waals surface area (Å²) in [5.41, 5.74) is -0.395. The van der Waals surface area contributed by atoms with Crippen LogP contribution < -0.4 is 10.6 Å². The Morgan fingerprint density at radius 1 is 1.38 bits per heavy atom. The molecule has 0 saturated carbocycles. The van der Waals surface area contributed by atoms with Crippen molar-refractivity contribution in [2.45, 2.75) is 13.1 Å². The fourth-order valence-electron chi connectivity index (χ4n) is 2.14. The van der Waals surface area contributed by atoms with Crippen LogP contribution in [0.15, 0.2) is 18.3 Å². The molecule has 0 atom stereocenters. The van der Waals surface area contributed by atoms with Crippen LogP contribution in [0.25, 0.3) is 0 Å². The topological polar surface area (TPSA) is 133 Å². The summed E-state index contributed by atoms with van der Waals surface area (Å²) in [6.45, 7) is -0.0918. The summed E-state index contributed by atoms with van der Waals surface area (Å²) in [6, 6.07) is 3.43. The Balaban J connectivity index is 2.30. The third-order valence-corrected chi connectivity index (χ3v) is 3.48. The molecule has 0 amide bonds. The van der Waals surface area contributed by atoms with Gasteiger partial charge in [-0.1, -0.05) is 0 Å². The first-order chi connectivity index (χ1) is 13.6. The zero-order chi connectivity index (χ0) is 21.6. The van der Waals surface area contributed by atoms with Gasteiger partial charge in [-0.3, -0.25) is 5.41 Å². The summed E-state index contributed by atoms with van der Waals surface area (Å²) < 4.78 is 41.0. The number of aromatic nitrogens is 3. The van der Waals surface area contributed by atoms with Gasteiger partial charge in [-0.25, -0.2) is 14.8 Å². The van der Waals surface area contributed by atoms with E-state index in [0.29, 0.717) is 5.82 Å². The monoisotopic (exact) mass is 432 g/mol. The number of aliphatic carboxylic acids is 1. The van der Waals surface area contributed by atoms with Crippen molar-refractivity contribution in [3.05, 3.63) is 34.9 Å². The number of halogens is 4. The smallest absolute Gasteiger partial charge is 0.411 e. The molecule has 0 aromatic carbocycles. The highest BCUT2D eigenvalue weighted by Crippen LogP contribution is 2.28. The first-order valence-electron chi connectivity index (χ1n) is 8.04. The van der Waals surface area contributed by atoms with E-state index in [1.165, 1.54) is 6.20 Å². The fourth-order valence-corrected chi connectivity index (χ4v) is 2.30. The minimum atomic E-state index is -4.47. The van der Waals surface area contributed by atoms with Crippen molar-refractivity contribution in [1.82, 2.24) is 15.0 Å². The number of nitrogens with zero attached hydrogens (tertiary/aromatic N) is 3. The lowest BCUT2D eigenvalue weighted by atomic mass is 10.2. The molecular weight excluding hydrogens is 417 g/mol. The molecule has 2 heterocycles. The Labute approximate surface area is 167 Å². The predicted molar refractivity (Wildman–Crippen MR) is 99.1 cm³/mol. The van der Waals surface area contributed by atoms with Crippen molar-refractivity contribution in [2.24, 2.45) is 0 Å². The molecule has 0 aliphatic heterocycles. The molecular formula is C16H16ClF3N6O3. The Morgan fingerprint density at radius 3 is 2.72 bits per heavy atom. The average Bonchev–Trinajstić information content (AvgIpc) is 2.61. The number of aryl methyl sites for hydroxylation is 1. The Morgan fingerprint density at radius 2 is 2.10 bits per heavy atom. The minimum Gasteiger partial charge on any atom is -0.476 e. The van der Waals surface area contributed by atoms with Gasteiger partial charge in [0.25, 0.3) is 0 Å². The zero-order valence-corrected chi connectivity index (χ0v) is 15.7. The van der Waals surface area contributed by atoms with Gasteiger partial charge in [-0.05, 0) is 36.2 Å². The van der Waals surface area contributed by atoms with Crippen LogP contribution in [0.4, 0.5) is 30.5 Å². The highest BCUT2D eigenvalue weighted by molar-refractivity contribution is 6.42. The molecule has 0 bridgehead atoms. The molecule has 2 aromatic rings. The first kappa shape index (κ1) is 22.3. The number of anilines is 3. The van der Waals surface area contributed by atoms with Crippen LogP contribution in [0.3, 0.4) is 0 Å². The summed E-state index contributed by atoms with van der Waals surface area (Å²) >= 11 is 5.85. The van der Waals surface area contributed by atoms with E-state index in [2.05, 4.69) is 30.3 Å². The third-order valence-electron chi connectivity index (χ3n) is 3.31. The largest absolute Gasteiger partial charge is 0.476 e. The number of rotatable bonds is 9. The van der Waals surface area contributed by atoms with Crippen molar-refractivity contribution in [1.29, 1.82) is 5.41 Å². The summed E-state index contributed by atoms with van der Waals surface area (Å²) in [4.78, 5) is 23.0. The van der Waals surface area contributed by atoms with Crippen LogP contribution in [-0.4, -0.2) is 57.7 Å². The quantitative estimate of drug-likeness (QED) is 0.270. The Bertz CT molecular complexity index is 910. The van der Waals surface area contributed by atoms with Gasteiger partial charge in [0.1, 0.15) is 23.8 Å². The molecule has 0 saturated heterocycles. The van der Waals surface area contributed by atoms with Crippen molar-refractivity contribution < 1.29 is 27.8 Å². The fraction of sp³-hybridized carbons (Fsp3) is 0.312. The molecule has 0 aliphatic carbocycles. The van der Waals surface area contributed by atoms with Crippen molar-refractivity contribution in [3.8, 4) is 0 Å². The van der Waals surface area contributed by atoms with Crippen molar-refractivity contribution in [3.63, 3.8) is 0 Å². The van der Waals surface area contributed by atoms with Gasteiger partial charge in [0.2, 0.25) is 5.28 Å². The maximum absolute atomic E-state index is 12.2. The standard InChI is InChI=1S/C16H16ClF3N6O3/c1-8-2-3-22-9(6-8)24-13-12(23-4-5-29-7-16(18,19)20)11(10(21)14(27)28)25-15(17)26-13/h2-3,6,21,23H,4-5,7H2,1H3,(H,27,28)(H,22,24,25,26). The van der Waals surface area contributed by atoms with Gasteiger partial charge in [0.15, 0.2) is 11.5 Å². The van der Waals surface area contributed by atoms with E-state index in [1.54, 1.807) is 12.1 Å². The molecule has 2 rings (SSSR count). The summed E-state index contributed by atoms with van der Waals surface area (Å²) in [5, 5.41) is 22.0. The summed E-state index contributed by atoms with van der Waals surface area (Å²) in [5.74, 6) is -1.22. The van der Waals surface area contributed by atoms with Crippen molar-refractivity contribution in [2.75, 3.05) is 30.4 Å². The van der Waals surface area contributed by atoms with Gasteiger partial charge in [0, 0.05) is 12.7 Å². The van der Waals surface area contributed by atoms with Gasteiger partial charge in [0.05, 0.1) is 6.61 Å². The Hall–Kier alpha value is -2.99. The van der Waals surface area contributed by atoms with E-state index in [1.807, 2.05) is 6.92 Å². The van der Waals surface area contributed by atoms with E-state index in [-0.39, 0.29) is 35.6 Å². The molecule has 0 spiro atoms. The van der Waals surface area contributed by atoms with Crippen LogP contribution in [0, 0.1) is 12.3 Å². The molecule has 0 aliphatic rings. The molecule has 29 heavy (non-hydrogen) atoms. The van der Waals surface area contributed by atoms with Crippen molar-refractivity contribution >= 4 is 40.6 Å². The minimum absolute atomic E-state index is 0.0000728. The van der Waals surface area contributed by atoms with Gasteiger partial charge < -0.3 is 20.5 Å². The second-order valence-corrected chi connectivity index (χ2v) is 6.02. The van der Waals surface area contributed by atoms with E-state index in [4.69, 9.17) is 22.1 Å². The lowest BCUT2D eigenvalue weighted by Gasteiger charge is -2.16. The molecule has 156 valence electrons. The maximum Gasteiger partial charge on any atom is 0.411 e. The third kappa shape index (κ3) is 6.84. The second-order valence-electron chi connectivity index (χ2n) is 5.68. The zero-order valence-electron chi connectivity index (χ0n) is 15.0. The molecule has 4 N–H and O–H groups in total. The lowest BCUT2D eigenvalue weighted by Crippen LogP contribution is -2.23. The molecule has 2 aromatic heterocycles. The molecule has 13 heteroatoms. The van der Waals surface area contributed by atoms with Gasteiger partial charge in [-0.15, -0.1) is 0 Å². The van der Waals surface area contributed by atoms with Crippen LogP contribution in [-0.2, 0) is 9.53 Å². The number of pyridine rings is 1. The molecule has 9 nitrogen and oxygen atoms in total. The van der Waals surface area contributed by atoms with Crippen LogP contribution >= 0.6 is 11.6 Å². The second kappa shape index (κ2) is 9.47. The van der Waals surface area contributed by atoms with E-state index in [0.717, 1.165) is 5.56 Å². The summed E-state index contributed by atoms with van der Waals surface area (Å²) in [6.07, 6.45) is -2.94. The lowest BCUT2D eigenvalue weighted by molar-refractivity contribution is -0.172. The van der Waals surface area contributed by atoms with Gasteiger partial charge >= 0.3 is 12.1 Å². The van der Waals surface area contributed by atoms with Crippen LogP contribution in [0.2, 0.25) is 5.28 Å². The number of carbonyl (C=O) groups is 1. The highest BCUT2D eigenvalue weighted by Gasteiger charge is 2.27. The SMILES string of the molecule is Cc1ccnc(Nc2nc(Cl)nc(C(=N)C(=O)O)c2NCCOCC(F)(F)F)c1. The molecule has 0 unspecified atom stereocenters.